The molecule has 0 saturated carbocycles. The van der Waals surface area contributed by atoms with Crippen LogP contribution in [0.5, 0.6) is 0 Å². The SMILES string of the molecule is O=C(CNc1ncccc1Br)NCc1ccccc1. The van der Waals surface area contributed by atoms with Gasteiger partial charge in [0.05, 0.1) is 11.0 Å². The first kappa shape index (κ1) is 13.5. The first-order valence-electron chi connectivity index (χ1n) is 5.91. The Morgan fingerprint density at radius 2 is 1.95 bits per heavy atom. The predicted octanol–water partition coefficient (Wildman–Crippen LogP) is 2.57. The van der Waals surface area contributed by atoms with Crippen LogP contribution >= 0.6 is 15.9 Å². The molecule has 2 N–H and O–H groups in total. The van der Waals surface area contributed by atoms with Crippen molar-refractivity contribution < 1.29 is 4.79 Å². The van der Waals surface area contributed by atoms with E-state index in [-0.39, 0.29) is 12.5 Å². The fourth-order valence-corrected chi connectivity index (χ4v) is 1.93. The molecular weight excluding hydrogens is 306 g/mol. The van der Waals surface area contributed by atoms with Gasteiger partial charge >= 0.3 is 0 Å². The Morgan fingerprint density at radius 1 is 1.16 bits per heavy atom. The van der Waals surface area contributed by atoms with E-state index in [1.165, 1.54) is 0 Å². The number of aromatic nitrogens is 1. The van der Waals surface area contributed by atoms with Gasteiger partial charge in [-0.15, -0.1) is 0 Å². The quantitative estimate of drug-likeness (QED) is 0.890. The fourth-order valence-electron chi connectivity index (χ4n) is 1.54. The number of nitrogens with one attached hydrogen (secondary N) is 2. The van der Waals surface area contributed by atoms with Crippen LogP contribution in [0.1, 0.15) is 5.56 Å². The zero-order valence-corrected chi connectivity index (χ0v) is 11.9. The van der Waals surface area contributed by atoms with Crippen molar-refractivity contribution in [3.8, 4) is 0 Å². The van der Waals surface area contributed by atoms with Gasteiger partial charge in [-0.25, -0.2) is 4.98 Å². The lowest BCUT2D eigenvalue weighted by atomic mass is 10.2. The third kappa shape index (κ3) is 4.37. The molecule has 0 aliphatic heterocycles. The number of pyridine rings is 1. The minimum Gasteiger partial charge on any atom is -0.360 e. The van der Waals surface area contributed by atoms with E-state index in [4.69, 9.17) is 0 Å². The smallest absolute Gasteiger partial charge is 0.239 e. The zero-order chi connectivity index (χ0) is 13.5. The summed E-state index contributed by atoms with van der Waals surface area (Å²) in [6.45, 7) is 0.729. The Kier molecular flexibility index (Phi) is 4.92. The van der Waals surface area contributed by atoms with Gasteiger partial charge in [-0.1, -0.05) is 30.3 Å². The van der Waals surface area contributed by atoms with Gasteiger partial charge in [-0.2, -0.15) is 0 Å². The maximum absolute atomic E-state index is 11.7. The average molecular weight is 320 g/mol. The first-order valence-corrected chi connectivity index (χ1v) is 6.70. The lowest BCUT2D eigenvalue weighted by Crippen LogP contribution is -2.29. The number of amides is 1. The van der Waals surface area contributed by atoms with E-state index in [1.807, 2.05) is 42.5 Å². The van der Waals surface area contributed by atoms with Crippen molar-refractivity contribution in [3.05, 3.63) is 58.7 Å². The van der Waals surface area contributed by atoms with Crippen molar-refractivity contribution in [2.45, 2.75) is 6.54 Å². The molecule has 5 heteroatoms. The van der Waals surface area contributed by atoms with E-state index in [0.717, 1.165) is 10.0 Å². The molecule has 0 aliphatic carbocycles. The summed E-state index contributed by atoms with van der Waals surface area (Å²) in [5.41, 5.74) is 1.08. The van der Waals surface area contributed by atoms with Crippen LogP contribution < -0.4 is 10.6 Å². The Labute approximate surface area is 120 Å². The molecule has 0 bridgehead atoms. The molecule has 0 fully saturated rings. The van der Waals surface area contributed by atoms with E-state index < -0.39 is 0 Å². The molecule has 0 radical (unpaired) electrons. The van der Waals surface area contributed by atoms with Gasteiger partial charge in [0, 0.05) is 12.7 Å². The largest absolute Gasteiger partial charge is 0.360 e. The summed E-state index contributed by atoms with van der Waals surface area (Å²) in [6, 6.07) is 13.5. The highest BCUT2D eigenvalue weighted by Crippen LogP contribution is 2.17. The highest BCUT2D eigenvalue weighted by Gasteiger charge is 2.03. The van der Waals surface area contributed by atoms with Gasteiger partial charge in [-0.05, 0) is 33.6 Å². The number of benzene rings is 1. The second kappa shape index (κ2) is 6.89. The second-order valence-electron chi connectivity index (χ2n) is 3.95. The van der Waals surface area contributed by atoms with Gasteiger partial charge in [0.15, 0.2) is 0 Å². The second-order valence-corrected chi connectivity index (χ2v) is 4.80. The Hall–Kier alpha value is -1.88. The third-order valence-electron chi connectivity index (χ3n) is 2.51. The van der Waals surface area contributed by atoms with Gasteiger partial charge in [0.25, 0.3) is 0 Å². The van der Waals surface area contributed by atoms with Crippen LogP contribution in [0.3, 0.4) is 0 Å². The molecule has 0 spiro atoms. The maximum Gasteiger partial charge on any atom is 0.239 e. The normalized spacial score (nSPS) is 9.95. The van der Waals surface area contributed by atoms with E-state index >= 15 is 0 Å². The standard InChI is InChI=1S/C14H14BrN3O/c15-12-7-4-8-16-14(12)18-10-13(19)17-9-11-5-2-1-3-6-11/h1-8H,9-10H2,(H,16,18)(H,17,19). The zero-order valence-electron chi connectivity index (χ0n) is 10.3. The van der Waals surface area contributed by atoms with E-state index in [1.54, 1.807) is 6.20 Å². The molecule has 1 aromatic heterocycles. The van der Waals surface area contributed by atoms with E-state index in [0.29, 0.717) is 12.4 Å². The molecule has 2 rings (SSSR count). The summed E-state index contributed by atoms with van der Waals surface area (Å²) in [4.78, 5) is 15.8. The monoisotopic (exact) mass is 319 g/mol. The number of hydrogen-bond donors (Lipinski definition) is 2. The van der Waals surface area contributed by atoms with Crippen LogP contribution in [-0.2, 0) is 11.3 Å². The third-order valence-corrected chi connectivity index (χ3v) is 3.15. The molecular formula is C14H14BrN3O. The predicted molar refractivity (Wildman–Crippen MR) is 78.7 cm³/mol. The summed E-state index contributed by atoms with van der Waals surface area (Å²) >= 11 is 3.37. The van der Waals surface area contributed by atoms with Crippen molar-refractivity contribution in [2.75, 3.05) is 11.9 Å². The Bertz CT molecular complexity index is 545. The molecule has 98 valence electrons. The molecule has 1 amide bonds. The highest BCUT2D eigenvalue weighted by molar-refractivity contribution is 9.10. The van der Waals surface area contributed by atoms with Crippen molar-refractivity contribution >= 4 is 27.7 Å². The number of anilines is 1. The summed E-state index contributed by atoms with van der Waals surface area (Å²) in [5.74, 6) is 0.596. The summed E-state index contributed by atoms with van der Waals surface area (Å²) in [6.07, 6.45) is 1.68. The van der Waals surface area contributed by atoms with Gasteiger partial charge < -0.3 is 10.6 Å². The summed E-state index contributed by atoms with van der Waals surface area (Å²) in [5, 5.41) is 5.82. The minimum absolute atomic E-state index is 0.0681. The van der Waals surface area contributed by atoms with Crippen LogP contribution in [0, 0.1) is 0 Å². The molecule has 1 aromatic carbocycles. The summed E-state index contributed by atoms with van der Waals surface area (Å²) < 4.78 is 0.839. The molecule has 19 heavy (non-hydrogen) atoms. The van der Waals surface area contributed by atoms with Crippen molar-refractivity contribution in [3.63, 3.8) is 0 Å². The van der Waals surface area contributed by atoms with Crippen LogP contribution in [0.15, 0.2) is 53.1 Å². The van der Waals surface area contributed by atoms with E-state index in [2.05, 4.69) is 31.5 Å². The lowest BCUT2D eigenvalue weighted by Gasteiger charge is -2.08. The molecule has 0 aliphatic rings. The maximum atomic E-state index is 11.7. The number of hydrogen-bond acceptors (Lipinski definition) is 3. The number of carbonyl (C=O) groups is 1. The topological polar surface area (TPSA) is 54.0 Å². The van der Waals surface area contributed by atoms with Crippen molar-refractivity contribution in [1.82, 2.24) is 10.3 Å². The molecule has 1 heterocycles. The number of nitrogens with zero attached hydrogens (tertiary/aromatic N) is 1. The van der Waals surface area contributed by atoms with Gasteiger partial charge in [0.1, 0.15) is 5.82 Å². The average Bonchev–Trinajstić information content (AvgIpc) is 2.45. The van der Waals surface area contributed by atoms with E-state index in [9.17, 15) is 4.79 Å². The minimum atomic E-state index is -0.0681. The number of rotatable bonds is 5. The van der Waals surface area contributed by atoms with Crippen LogP contribution in [-0.4, -0.2) is 17.4 Å². The molecule has 0 atom stereocenters. The van der Waals surface area contributed by atoms with Gasteiger partial charge in [0.2, 0.25) is 5.91 Å². The summed E-state index contributed by atoms with van der Waals surface area (Å²) in [7, 11) is 0. The van der Waals surface area contributed by atoms with Gasteiger partial charge in [-0.3, -0.25) is 4.79 Å². The van der Waals surface area contributed by atoms with Crippen molar-refractivity contribution in [1.29, 1.82) is 0 Å². The molecule has 4 nitrogen and oxygen atoms in total. The molecule has 0 saturated heterocycles. The van der Waals surface area contributed by atoms with Crippen LogP contribution in [0.4, 0.5) is 5.82 Å². The van der Waals surface area contributed by atoms with Crippen LogP contribution in [0.2, 0.25) is 0 Å². The first-order chi connectivity index (χ1) is 9.25. The fraction of sp³-hybridized carbons (Fsp3) is 0.143. The number of carbonyl (C=O) groups excluding carboxylic acids is 1. The molecule has 0 unspecified atom stereocenters. The number of halogens is 1. The Balaban J connectivity index is 1.78. The van der Waals surface area contributed by atoms with Crippen molar-refractivity contribution in [2.24, 2.45) is 0 Å². The lowest BCUT2D eigenvalue weighted by molar-refractivity contribution is -0.119. The Morgan fingerprint density at radius 3 is 2.68 bits per heavy atom. The highest BCUT2D eigenvalue weighted by atomic mass is 79.9. The molecule has 2 aromatic rings. The van der Waals surface area contributed by atoms with Crippen LogP contribution in [0.25, 0.3) is 0 Å².